The molecule has 4 heteroatoms. The van der Waals surface area contributed by atoms with Gasteiger partial charge in [-0.25, -0.2) is 0 Å². The van der Waals surface area contributed by atoms with Crippen LogP contribution in [0.4, 0.5) is 5.69 Å². The molecule has 0 fully saturated rings. The Balaban J connectivity index is 2.83. The Bertz CT molecular complexity index is 382. The fourth-order valence-electron chi connectivity index (χ4n) is 1.88. The monoisotopic (exact) mass is 270 g/mol. The summed E-state index contributed by atoms with van der Waals surface area (Å²) in [4.78, 5) is 2.16. The molecular weight excluding hydrogens is 248 g/mol. The number of nitrogens with zero attached hydrogens (tertiary/aromatic N) is 1. The van der Waals surface area contributed by atoms with Crippen LogP contribution in [0.1, 0.15) is 19.4 Å². The van der Waals surface area contributed by atoms with Crippen molar-refractivity contribution < 1.29 is 4.74 Å². The van der Waals surface area contributed by atoms with Gasteiger partial charge in [0.15, 0.2) is 0 Å². The molecule has 1 aromatic carbocycles. The molecule has 0 aliphatic heterocycles. The summed E-state index contributed by atoms with van der Waals surface area (Å²) in [5.41, 5.74) is 7.99. The minimum atomic E-state index is 0.124. The summed E-state index contributed by atoms with van der Waals surface area (Å²) in [5.74, 6) is 0. The lowest BCUT2D eigenvalue weighted by Gasteiger charge is -2.27. The first-order valence-corrected chi connectivity index (χ1v) is 6.59. The Labute approximate surface area is 115 Å². The Morgan fingerprint density at radius 2 is 2.06 bits per heavy atom. The van der Waals surface area contributed by atoms with Gasteiger partial charge in [0.25, 0.3) is 0 Å². The number of hydrogen-bond donors (Lipinski definition) is 1. The summed E-state index contributed by atoms with van der Waals surface area (Å²) >= 11 is 6.29. The van der Waals surface area contributed by atoms with Crippen LogP contribution in [0.25, 0.3) is 0 Å². The lowest BCUT2D eigenvalue weighted by molar-refractivity contribution is 0.183. The van der Waals surface area contributed by atoms with Gasteiger partial charge in [-0.15, -0.1) is 0 Å². The Morgan fingerprint density at radius 3 is 2.56 bits per heavy atom. The highest BCUT2D eigenvalue weighted by atomic mass is 35.5. The first-order chi connectivity index (χ1) is 8.45. The average molecular weight is 271 g/mol. The van der Waals surface area contributed by atoms with Gasteiger partial charge in [-0.2, -0.15) is 0 Å². The molecule has 18 heavy (non-hydrogen) atoms. The van der Waals surface area contributed by atoms with Gasteiger partial charge in [0.05, 0.1) is 6.61 Å². The molecule has 0 saturated heterocycles. The third-order valence-electron chi connectivity index (χ3n) is 3.05. The van der Waals surface area contributed by atoms with Crippen LogP contribution >= 0.6 is 11.6 Å². The largest absolute Gasteiger partial charge is 0.383 e. The molecule has 0 spiro atoms. The minimum absolute atomic E-state index is 0.124. The van der Waals surface area contributed by atoms with Crippen LogP contribution in [0.3, 0.4) is 0 Å². The topological polar surface area (TPSA) is 38.5 Å². The standard InChI is InChI=1S/C14H23ClN2O/c1-10(16)7-12-5-6-13(8-14(12)15)17(3)11(2)9-18-4/h5-6,8,10-11H,7,9,16H2,1-4H3. The number of anilines is 1. The van der Waals surface area contributed by atoms with Gasteiger partial charge in [0.1, 0.15) is 0 Å². The maximum absolute atomic E-state index is 6.29. The molecule has 0 saturated carbocycles. The summed E-state index contributed by atoms with van der Waals surface area (Å²) in [6.07, 6.45) is 0.802. The Morgan fingerprint density at radius 1 is 1.39 bits per heavy atom. The minimum Gasteiger partial charge on any atom is -0.383 e. The fraction of sp³-hybridized carbons (Fsp3) is 0.571. The summed E-state index contributed by atoms with van der Waals surface area (Å²) < 4.78 is 5.16. The number of ether oxygens (including phenoxy) is 1. The molecular formula is C14H23ClN2O. The molecule has 0 bridgehead atoms. The zero-order valence-corrected chi connectivity index (χ0v) is 12.4. The van der Waals surface area contributed by atoms with Gasteiger partial charge < -0.3 is 15.4 Å². The summed E-state index contributed by atoms with van der Waals surface area (Å²) in [5, 5.41) is 0.779. The maximum Gasteiger partial charge on any atom is 0.0663 e. The zero-order valence-electron chi connectivity index (χ0n) is 11.6. The van der Waals surface area contributed by atoms with Crippen molar-refractivity contribution in [3.63, 3.8) is 0 Å². The van der Waals surface area contributed by atoms with Crippen molar-refractivity contribution in [3.05, 3.63) is 28.8 Å². The Hall–Kier alpha value is -0.770. The normalized spacial score (nSPS) is 14.3. The van der Waals surface area contributed by atoms with E-state index in [2.05, 4.69) is 24.0 Å². The van der Waals surface area contributed by atoms with E-state index < -0.39 is 0 Å². The van der Waals surface area contributed by atoms with E-state index in [1.165, 1.54) is 0 Å². The zero-order chi connectivity index (χ0) is 13.7. The SMILES string of the molecule is COCC(C)N(C)c1ccc(CC(C)N)c(Cl)c1. The van der Waals surface area contributed by atoms with Gasteiger partial charge in [-0.1, -0.05) is 17.7 Å². The Kier molecular flexibility index (Phi) is 5.93. The first-order valence-electron chi connectivity index (χ1n) is 6.21. The number of methoxy groups -OCH3 is 1. The van der Waals surface area contributed by atoms with Crippen LogP contribution in [0.5, 0.6) is 0 Å². The van der Waals surface area contributed by atoms with Crippen LogP contribution in [-0.4, -0.2) is 32.8 Å². The highest BCUT2D eigenvalue weighted by Crippen LogP contribution is 2.25. The van der Waals surface area contributed by atoms with E-state index in [4.69, 9.17) is 22.1 Å². The van der Waals surface area contributed by atoms with E-state index in [-0.39, 0.29) is 6.04 Å². The quantitative estimate of drug-likeness (QED) is 0.864. The molecule has 0 amide bonds. The van der Waals surface area contributed by atoms with Crippen molar-refractivity contribution in [1.29, 1.82) is 0 Å². The van der Waals surface area contributed by atoms with Crippen molar-refractivity contribution in [1.82, 2.24) is 0 Å². The predicted octanol–water partition coefficient (Wildman–Crippen LogP) is 2.70. The van der Waals surface area contributed by atoms with E-state index in [0.717, 1.165) is 22.7 Å². The molecule has 0 heterocycles. The third-order valence-corrected chi connectivity index (χ3v) is 3.41. The highest BCUT2D eigenvalue weighted by molar-refractivity contribution is 6.31. The van der Waals surface area contributed by atoms with Crippen molar-refractivity contribution in [2.24, 2.45) is 5.73 Å². The van der Waals surface area contributed by atoms with Crippen molar-refractivity contribution in [2.45, 2.75) is 32.4 Å². The third kappa shape index (κ3) is 4.16. The van der Waals surface area contributed by atoms with Gasteiger partial charge in [0.2, 0.25) is 0 Å². The maximum atomic E-state index is 6.29. The molecule has 0 aliphatic carbocycles. The molecule has 0 aliphatic rings. The molecule has 2 N–H and O–H groups in total. The van der Waals surface area contributed by atoms with Crippen molar-refractivity contribution >= 4 is 17.3 Å². The van der Waals surface area contributed by atoms with Crippen LogP contribution in [0.15, 0.2) is 18.2 Å². The molecule has 1 rings (SSSR count). The molecule has 0 aromatic heterocycles. The molecule has 2 unspecified atom stereocenters. The van der Waals surface area contributed by atoms with Crippen LogP contribution in [0.2, 0.25) is 5.02 Å². The summed E-state index contributed by atoms with van der Waals surface area (Å²) in [6.45, 7) is 4.79. The fourth-order valence-corrected chi connectivity index (χ4v) is 2.13. The van der Waals surface area contributed by atoms with Crippen LogP contribution < -0.4 is 10.6 Å². The van der Waals surface area contributed by atoms with Crippen molar-refractivity contribution in [2.75, 3.05) is 25.7 Å². The smallest absolute Gasteiger partial charge is 0.0663 e. The highest BCUT2D eigenvalue weighted by Gasteiger charge is 2.11. The number of halogens is 1. The first kappa shape index (κ1) is 15.3. The number of rotatable bonds is 6. The second-order valence-corrected chi connectivity index (χ2v) is 5.28. The van der Waals surface area contributed by atoms with Crippen LogP contribution in [0, 0.1) is 0 Å². The summed E-state index contributed by atoms with van der Waals surface area (Å²) in [6, 6.07) is 6.56. The summed E-state index contributed by atoms with van der Waals surface area (Å²) in [7, 11) is 3.75. The second-order valence-electron chi connectivity index (χ2n) is 4.87. The lowest BCUT2D eigenvalue weighted by atomic mass is 10.1. The molecule has 2 atom stereocenters. The van der Waals surface area contributed by atoms with Crippen LogP contribution in [-0.2, 0) is 11.2 Å². The molecule has 102 valence electrons. The van der Waals surface area contributed by atoms with Gasteiger partial charge in [-0.3, -0.25) is 0 Å². The average Bonchev–Trinajstić information content (AvgIpc) is 2.30. The number of nitrogens with two attached hydrogens (primary N) is 1. The molecule has 3 nitrogen and oxygen atoms in total. The molecule has 1 aromatic rings. The predicted molar refractivity (Wildman–Crippen MR) is 78.5 cm³/mol. The van der Waals surface area contributed by atoms with E-state index in [0.29, 0.717) is 12.6 Å². The van der Waals surface area contributed by atoms with Gasteiger partial charge >= 0.3 is 0 Å². The van der Waals surface area contributed by atoms with Crippen molar-refractivity contribution in [3.8, 4) is 0 Å². The number of benzene rings is 1. The lowest BCUT2D eigenvalue weighted by Crippen LogP contribution is -2.32. The van der Waals surface area contributed by atoms with Gasteiger partial charge in [0, 0.05) is 37.0 Å². The van der Waals surface area contributed by atoms with E-state index in [1.807, 2.05) is 20.0 Å². The number of likely N-dealkylation sites (N-methyl/N-ethyl adjacent to an activating group) is 1. The van der Waals surface area contributed by atoms with E-state index in [1.54, 1.807) is 7.11 Å². The number of hydrogen-bond acceptors (Lipinski definition) is 3. The van der Waals surface area contributed by atoms with E-state index in [9.17, 15) is 0 Å². The molecule has 0 radical (unpaired) electrons. The van der Waals surface area contributed by atoms with Gasteiger partial charge in [-0.05, 0) is 38.0 Å². The van der Waals surface area contributed by atoms with E-state index >= 15 is 0 Å². The second kappa shape index (κ2) is 6.98.